The Bertz CT molecular complexity index is 1110. The number of amides is 1. The Labute approximate surface area is 194 Å². The Hall–Kier alpha value is -2.19. The molecule has 2 aromatic rings. The van der Waals surface area contributed by atoms with Gasteiger partial charge in [0.15, 0.2) is 0 Å². The number of anilines is 1. The molecule has 2 aliphatic heterocycles. The van der Waals surface area contributed by atoms with E-state index in [9.17, 15) is 19.8 Å². The van der Waals surface area contributed by atoms with E-state index in [0.717, 1.165) is 0 Å². The molecule has 0 saturated carbocycles. The summed E-state index contributed by atoms with van der Waals surface area (Å²) in [6.45, 7) is 3.46. The number of aliphatic carboxylic acids is 1. The van der Waals surface area contributed by atoms with Crippen molar-refractivity contribution in [3.63, 3.8) is 0 Å². The number of nitrogens with one attached hydrogen (secondary N) is 2. The minimum absolute atomic E-state index is 0.0413. The van der Waals surface area contributed by atoms with Crippen LogP contribution in [0.4, 0.5) is 10.1 Å². The van der Waals surface area contributed by atoms with Gasteiger partial charge in [0.05, 0.1) is 5.02 Å². The average Bonchev–Trinajstić information content (AvgIpc) is 3.20. The normalized spacial score (nSPS) is 26.9. The van der Waals surface area contributed by atoms with Crippen LogP contribution >= 0.6 is 23.2 Å². The quantitative estimate of drug-likeness (QED) is 0.519. The van der Waals surface area contributed by atoms with E-state index in [1.807, 2.05) is 13.8 Å². The van der Waals surface area contributed by atoms with Crippen molar-refractivity contribution in [3.05, 3.63) is 63.4 Å². The fraction of sp³-hybridized carbons (Fsp3) is 0.391. The van der Waals surface area contributed by atoms with E-state index in [4.69, 9.17) is 23.2 Å². The van der Waals surface area contributed by atoms with Crippen molar-refractivity contribution in [3.8, 4) is 0 Å². The molecule has 170 valence electrons. The lowest BCUT2D eigenvalue weighted by atomic mass is 9.62. The summed E-state index contributed by atoms with van der Waals surface area (Å²) < 4.78 is 15.3. The number of rotatable bonds is 5. The van der Waals surface area contributed by atoms with E-state index in [2.05, 4.69) is 10.6 Å². The summed E-state index contributed by atoms with van der Waals surface area (Å²) in [5, 5.41) is 26.1. The third-order valence-corrected chi connectivity index (χ3v) is 7.10. The molecule has 1 unspecified atom stereocenters. The summed E-state index contributed by atoms with van der Waals surface area (Å²) in [5.41, 5.74) is -1.06. The Kier molecular flexibility index (Phi) is 5.74. The number of halogens is 3. The molecule has 4 rings (SSSR count). The number of hydrogen-bond acceptors (Lipinski definition) is 4. The summed E-state index contributed by atoms with van der Waals surface area (Å²) in [7, 11) is 0. The van der Waals surface area contributed by atoms with Gasteiger partial charge in [0.25, 0.3) is 0 Å². The molecule has 0 aliphatic carbocycles. The van der Waals surface area contributed by atoms with Crippen molar-refractivity contribution < 1.29 is 24.2 Å². The predicted molar refractivity (Wildman–Crippen MR) is 120 cm³/mol. The average molecular weight is 481 g/mol. The monoisotopic (exact) mass is 480 g/mol. The number of carbonyl (C=O) groups is 2. The van der Waals surface area contributed by atoms with Crippen LogP contribution in [0.1, 0.15) is 37.3 Å². The van der Waals surface area contributed by atoms with Crippen LogP contribution in [-0.4, -0.2) is 40.8 Å². The van der Waals surface area contributed by atoms with Gasteiger partial charge < -0.3 is 15.5 Å². The van der Waals surface area contributed by atoms with Gasteiger partial charge >= 0.3 is 5.97 Å². The van der Waals surface area contributed by atoms with Gasteiger partial charge in [-0.3, -0.25) is 14.9 Å². The Morgan fingerprint density at radius 2 is 1.97 bits per heavy atom. The lowest BCUT2D eigenvalue weighted by Gasteiger charge is -2.38. The van der Waals surface area contributed by atoms with Crippen LogP contribution in [0.25, 0.3) is 0 Å². The molecular formula is C23H23Cl2FN2O4. The fourth-order valence-corrected chi connectivity index (χ4v) is 5.50. The van der Waals surface area contributed by atoms with Gasteiger partial charge in [0.1, 0.15) is 17.3 Å². The molecule has 2 heterocycles. The summed E-state index contributed by atoms with van der Waals surface area (Å²) >= 11 is 12.2. The zero-order valence-corrected chi connectivity index (χ0v) is 19.0. The first-order valence-corrected chi connectivity index (χ1v) is 10.9. The Morgan fingerprint density at radius 1 is 1.25 bits per heavy atom. The summed E-state index contributed by atoms with van der Waals surface area (Å²) in [6, 6.07) is 7.29. The molecule has 1 fully saturated rings. The highest BCUT2D eigenvalue weighted by Gasteiger charge is 2.66. The Morgan fingerprint density at radius 3 is 2.62 bits per heavy atom. The second-order valence-electron chi connectivity index (χ2n) is 9.20. The van der Waals surface area contributed by atoms with Gasteiger partial charge in [0.2, 0.25) is 5.91 Å². The van der Waals surface area contributed by atoms with E-state index in [0.29, 0.717) is 16.3 Å². The number of aliphatic hydroxyl groups is 1. The van der Waals surface area contributed by atoms with Gasteiger partial charge in [-0.25, -0.2) is 4.39 Å². The van der Waals surface area contributed by atoms with E-state index in [1.54, 1.807) is 18.2 Å². The molecule has 0 aromatic heterocycles. The fourth-order valence-electron chi connectivity index (χ4n) is 5.14. The highest BCUT2D eigenvalue weighted by Crippen LogP contribution is 2.57. The standard InChI is InChI=1S/C23H23Cl2FN2O4/c1-22(2,10-29)9-16-23(13-7-6-11(24)8-15(13)27-21(23)32)17(19(28-16)20(30)31)12-4-3-5-14(25)18(12)26/h3-8,16-17,19,28-29H,9-10H2,1-2H3,(H,27,32)(H,30,31)/t16-,17-,19+,23?/m0/s1. The molecule has 2 aliphatic rings. The molecule has 6 nitrogen and oxygen atoms in total. The van der Waals surface area contributed by atoms with Crippen molar-refractivity contribution >= 4 is 40.8 Å². The van der Waals surface area contributed by atoms with Crippen molar-refractivity contribution in [2.24, 2.45) is 5.41 Å². The van der Waals surface area contributed by atoms with E-state index in [-0.39, 0.29) is 23.6 Å². The van der Waals surface area contributed by atoms with Crippen LogP contribution < -0.4 is 10.6 Å². The molecule has 2 aromatic carbocycles. The third kappa shape index (κ3) is 3.39. The molecule has 4 atom stereocenters. The van der Waals surface area contributed by atoms with Crippen molar-refractivity contribution in [2.45, 2.75) is 43.7 Å². The summed E-state index contributed by atoms with van der Waals surface area (Å²) in [6.07, 6.45) is 0.265. The molecular weight excluding hydrogens is 458 g/mol. The smallest absolute Gasteiger partial charge is 0.321 e. The minimum Gasteiger partial charge on any atom is -0.480 e. The number of benzene rings is 2. The number of carboxylic acids is 1. The van der Waals surface area contributed by atoms with E-state index < -0.39 is 46.5 Å². The molecule has 0 bridgehead atoms. The lowest BCUT2D eigenvalue weighted by Crippen LogP contribution is -2.50. The van der Waals surface area contributed by atoms with Crippen LogP contribution in [0.5, 0.6) is 0 Å². The molecule has 1 spiro atoms. The highest BCUT2D eigenvalue weighted by molar-refractivity contribution is 6.31. The second-order valence-corrected chi connectivity index (χ2v) is 10.0. The third-order valence-electron chi connectivity index (χ3n) is 6.57. The van der Waals surface area contributed by atoms with Gasteiger partial charge in [-0.05, 0) is 41.2 Å². The summed E-state index contributed by atoms with van der Waals surface area (Å²) in [4.78, 5) is 26.0. The van der Waals surface area contributed by atoms with Crippen molar-refractivity contribution in [1.29, 1.82) is 0 Å². The first-order valence-electron chi connectivity index (χ1n) is 10.2. The molecule has 9 heteroatoms. The van der Waals surface area contributed by atoms with E-state index in [1.165, 1.54) is 18.2 Å². The van der Waals surface area contributed by atoms with Crippen LogP contribution in [-0.2, 0) is 15.0 Å². The molecule has 0 radical (unpaired) electrons. The maximum atomic E-state index is 15.3. The zero-order chi connectivity index (χ0) is 23.4. The number of fused-ring (bicyclic) bond motifs is 2. The van der Waals surface area contributed by atoms with Gasteiger partial charge in [0, 0.05) is 29.3 Å². The number of aliphatic hydroxyl groups excluding tert-OH is 1. The first kappa shape index (κ1) is 23.0. The van der Waals surface area contributed by atoms with Crippen LogP contribution in [0.3, 0.4) is 0 Å². The van der Waals surface area contributed by atoms with Crippen molar-refractivity contribution in [2.75, 3.05) is 11.9 Å². The van der Waals surface area contributed by atoms with Crippen LogP contribution in [0.15, 0.2) is 36.4 Å². The predicted octanol–water partition coefficient (Wildman–Crippen LogP) is 3.94. The van der Waals surface area contributed by atoms with Gasteiger partial charge in [-0.1, -0.05) is 55.2 Å². The SMILES string of the molecule is CC(C)(CO)C[C@@H]1N[C@@H](C(=O)O)[C@H](c2cccc(Cl)c2F)C12C(=O)Nc1cc(Cl)ccc12. The first-order chi connectivity index (χ1) is 15.0. The van der Waals surface area contributed by atoms with Crippen LogP contribution in [0, 0.1) is 11.2 Å². The highest BCUT2D eigenvalue weighted by atomic mass is 35.5. The van der Waals surface area contributed by atoms with E-state index >= 15 is 4.39 Å². The number of carbonyl (C=O) groups excluding carboxylic acids is 1. The number of carboxylic acid groups (broad SMARTS) is 1. The topological polar surface area (TPSA) is 98.7 Å². The van der Waals surface area contributed by atoms with Crippen molar-refractivity contribution in [1.82, 2.24) is 5.32 Å². The van der Waals surface area contributed by atoms with Crippen LogP contribution in [0.2, 0.25) is 10.0 Å². The minimum atomic E-state index is -1.46. The van der Waals surface area contributed by atoms with Gasteiger partial charge in [-0.15, -0.1) is 0 Å². The van der Waals surface area contributed by atoms with Gasteiger partial charge in [-0.2, -0.15) is 0 Å². The Balaban J connectivity index is 2.03. The summed E-state index contributed by atoms with van der Waals surface area (Å²) in [5.74, 6) is -3.52. The number of hydrogen-bond donors (Lipinski definition) is 4. The molecule has 32 heavy (non-hydrogen) atoms. The lowest BCUT2D eigenvalue weighted by molar-refractivity contribution is -0.139. The maximum Gasteiger partial charge on any atom is 0.321 e. The largest absolute Gasteiger partial charge is 0.480 e. The molecule has 1 saturated heterocycles. The molecule has 1 amide bonds. The zero-order valence-electron chi connectivity index (χ0n) is 17.5. The maximum absolute atomic E-state index is 15.3. The second kappa shape index (κ2) is 7.99. The molecule has 4 N–H and O–H groups in total.